The lowest BCUT2D eigenvalue weighted by atomic mass is 10.0. The van der Waals surface area contributed by atoms with Crippen LogP contribution in [0.3, 0.4) is 0 Å². The van der Waals surface area contributed by atoms with Crippen LogP contribution in [-0.4, -0.2) is 47.8 Å². The van der Waals surface area contributed by atoms with Crippen molar-refractivity contribution in [2.75, 3.05) is 19.8 Å². The molecule has 0 aliphatic heterocycles. The van der Waals surface area contributed by atoms with Crippen LogP contribution < -0.4 is 11.1 Å². The third-order valence-electron chi connectivity index (χ3n) is 9.78. The fourth-order valence-electron chi connectivity index (χ4n) is 6.44. The molecule has 3 atom stereocenters. The van der Waals surface area contributed by atoms with Gasteiger partial charge in [-0.2, -0.15) is 0 Å². The summed E-state index contributed by atoms with van der Waals surface area (Å²) in [7, 11) is -4.34. The van der Waals surface area contributed by atoms with Crippen LogP contribution in [0.15, 0.2) is 24.3 Å². The molecule has 0 fully saturated rings. The number of phosphoric ester groups is 1. The van der Waals surface area contributed by atoms with Crippen molar-refractivity contribution in [3.63, 3.8) is 0 Å². The standard InChI is InChI=1S/C43H85N2O6P/c1-3-5-7-9-11-13-15-17-19-21-22-24-26-28-30-32-34-36-42(46)41(40-51-52(48,49)50-39-38-44)45-43(47)37-35-33-31-29-27-25-23-20-18-16-14-12-10-8-6-4-2/h26,28,34,36,41-42,46H,3-25,27,29-33,35,37-40,44H2,1-2H3,(H,45,47)(H,48,49)/b28-26+,36-34+. The number of aliphatic hydroxyl groups excluding tert-OH is 1. The molecule has 0 spiro atoms. The van der Waals surface area contributed by atoms with Crippen LogP contribution in [0.2, 0.25) is 0 Å². The van der Waals surface area contributed by atoms with E-state index < -0.39 is 20.0 Å². The first-order valence-corrected chi connectivity index (χ1v) is 23.5. The van der Waals surface area contributed by atoms with Crippen LogP contribution in [0.25, 0.3) is 0 Å². The van der Waals surface area contributed by atoms with Gasteiger partial charge in [-0.3, -0.25) is 13.8 Å². The maximum Gasteiger partial charge on any atom is 0.472 e. The summed E-state index contributed by atoms with van der Waals surface area (Å²) in [6, 6.07) is -0.872. The van der Waals surface area contributed by atoms with E-state index in [9.17, 15) is 19.4 Å². The maximum atomic E-state index is 12.7. The summed E-state index contributed by atoms with van der Waals surface area (Å²) in [4.78, 5) is 22.7. The molecule has 3 unspecified atom stereocenters. The van der Waals surface area contributed by atoms with E-state index in [4.69, 9.17) is 14.8 Å². The van der Waals surface area contributed by atoms with Gasteiger partial charge in [0.1, 0.15) is 0 Å². The minimum Gasteiger partial charge on any atom is -0.387 e. The van der Waals surface area contributed by atoms with Crippen LogP contribution in [0.4, 0.5) is 0 Å². The van der Waals surface area contributed by atoms with Gasteiger partial charge in [-0.05, 0) is 32.1 Å². The molecule has 0 rings (SSSR count). The SMILES string of the molecule is CCCCCCCCCCCCC/C=C/CC/C=C/C(O)C(COP(=O)(O)OCCN)NC(=O)CCCCCCCCCCCCCCCCCC. The highest BCUT2D eigenvalue weighted by Gasteiger charge is 2.26. The number of nitrogens with two attached hydrogens (primary N) is 1. The lowest BCUT2D eigenvalue weighted by molar-refractivity contribution is -0.123. The highest BCUT2D eigenvalue weighted by atomic mass is 31.2. The molecular weight excluding hydrogens is 671 g/mol. The third kappa shape index (κ3) is 37.3. The number of carbonyl (C=O) groups is 1. The zero-order chi connectivity index (χ0) is 38.2. The number of carbonyl (C=O) groups excluding carboxylic acids is 1. The molecule has 0 saturated heterocycles. The molecule has 0 radical (unpaired) electrons. The number of rotatable bonds is 41. The second kappa shape index (κ2) is 39.7. The van der Waals surface area contributed by atoms with Crippen molar-refractivity contribution in [2.45, 2.75) is 225 Å². The first-order valence-electron chi connectivity index (χ1n) is 22.0. The Morgan fingerprint density at radius 3 is 1.48 bits per heavy atom. The minimum atomic E-state index is -4.34. The van der Waals surface area contributed by atoms with Gasteiger partial charge in [-0.1, -0.05) is 199 Å². The summed E-state index contributed by atoms with van der Waals surface area (Å²) in [5.41, 5.74) is 5.37. The Kier molecular flexibility index (Phi) is 38.9. The molecule has 0 aromatic heterocycles. The zero-order valence-electron chi connectivity index (χ0n) is 34.1. The van der Waals surface area contributed by atoms with Crippen LogP contribution in [0, 0.1) is 0 Å². The average Bonchev–Trinajstić information content (AvgIpc) is 3.13. The summed E-state index contributed by atoms with van der Waals surface area (Å²) < 4.78 is 22.1. The summed E-state index contributed by atoms with van der Waals surface area (Å²) in [6.07, 6.45) is 45.1. The predicted molar refractivity (Wildman–Crippen MR) is 221 cm³/mol. The van der Waals surface area contributed by atoms with Crippen LogP contribution in [-0.2, 0) is 18.4 Å². The Balaban J connectivity index is 4.24. The van der Waals surface area contributed by atoms with Crippen molar-refractivity contribution >= 4 is 13.7 Å². The molecule has 9 heteroatoms. The molecule has 0 bridgehead atoms. The van der Waals surface area contributed by atoms with Gasteiger partial charge in [-0.25, -0.2) is 4.57 Å². The second-order valence-electron chi connectivity index (χ2n) is 14.9. The van der Waals surface area contributed by atoms with E-state index in [1.807, 2.05) is 6.08 Å². The van der Waals surface area contributed by atoms with Crippen LogP contribution in [0.1, 0.15) is 213 Å². The van der Waals surface area contributed by atoms with Crippen molar-refractivity contribution in [3.05, 3.63) is 24.3 Å². The Hall–Kier alpha value is -1.02. The van der Waals surface area contributed by atoms with Gasteiger partial charge in [0.25, 0.3) is 0 Å². The number of aliphatic hydroxyl groups is 1. The molecule has 8 nitrogen and oxygen atoms in total. The number of allylic oxidation sites excluding steroid dienone is 3. The molecule has 0 aliphatic rings. The quantitative estimate of drug-likeness (QED) is 0.0277. The Bertz CT molecular complexity index is 871. The number of hydrogen-bond donors (Lipinski definition) is 4. The van der Waals surface area contributed by atoms with Gasteiger partial charge in [-0.15, -0.1) is 0 Å². The molecule has 0 aliphatic carbocycles. The van der Waals surface area contributed by atoms with Gasteiger partial charge in [0, 0.05) is 13.0 Å². The molecular formula is C43H85N2O6P. The zero-order valence-corrected chi connectivity index (χ0v) is 35.0. The molecule has 308 valence electrons. The van der Waals surface area contributed by atoms with Gasteiger partial charge in [0.2, 0.25) is 5.91 Å². The predicted octanol–water partition coefficient (Wildman–Crippen LogP) is 12.2. The van der Waals surface area contributed by atoms with Gasteiger partial charge in [0.15, 0.2) is 0 Å². The smallest absolute Gasteiger partial charge is 0.387 e. The van der Waals surface area contributed by atoms with Gasteiger partial charge < -0.3 is 21.1 Å². The topological polar surface area (TPSA) is 131 Å². The molecule has 1 amide bonds. The van der Waals surface area contributed by atoms with E-state index in [0.29, 0.717) is 6.42 Å². The van der Waals surface area contributed by atoms with Crippen molar-refractivity contribution in [3.8, 4) is 0 Å². The Morgan fingerprint density at radius 1 is 0.615 bits per heavy atom. The number of nitrogens with one attached hydrogen (secondary N) is 1. The lowest BCUT2D eigenvalue weighted by Gasteiger charge is -2.23. The first-order chi connectivity index (χ1) is 25.4. The van der Waals surface area contributed by atoms with Crippen molar-refractivity contribution < 1.29 is 28.4 Å². The highest BCUT2D eigenvalue weighted by molar-refractivity contribution is 7.47. The van der Waals surface area contributed by atoms with Crippen molar-refractivity contribution in [2.24, 2.45) is 5.73 Å². The fraction of sp³-hybridized carbons (Fsp3) is 0.884. The number of phosphoric acid groups is 1. The van der Waals surface area contributed by atoms with E-state index in [2.05, 4.69) is 31.3 Å². The normalized spacial score (nSPS) is 14.3. The minimum absolute atomic E-state index is 0.0759. The van der Waals surface area contributed by atoms with Gasteiger partial charge >= 0.3 is 7.82 Å². The van der Waals surface area contributed by atoms with E-state index >= 15 is 0 Å². The number of unbranched alkanes of at least 4 members (excludes halogenated alkanes) is 27. The molecule has 52 heavy (non-hydrogen) atoms. The van der Waals surface area contributed by atoms with Crippen LogP contribution >= 0.6 is 7.82 Å². The van der Waals surface area contributed by atoms with Crippen molar-refractivity contribution in [1.29, 1.82) is 0 Å². The monoisotopic (exact) mass is 757 g/mol. The number of hydrogen-bond acceptors (Lipinski definition) is 6. The largest absolute Gasteiger partial charge is 0.472 e. The Labute approximate surface area is 321 Å². The van der Waals surface area contributed by atoms with E-state index in [1.165, 1.54) is 154 Å². The summed E-state index contributed by atoms with van der Waals surface area (Å²) in [5, 5.41) is 13.6. The van der Waals surface area contributed by atoms with E-state index in [-0.39, 0.29) is 25.7 Å². The third-order valence-corrected chi connectivity index (χ3v) is 10.8. The van der Waals surface area contributed by atoms with Crippen molar-refractivity contribution in [1.82, 2.24) is 5.32 Å². The number of amides is 1. The van der Waals surface area contributed by atoms with Crippen LogP contribution in [0.5, 0.6) is 0 Å². The molecule has 5 N–H and O–H groups in total. The Morgan fingerprint density at radius 2 is 1.02 bits per heavy atom. The van der Waals surface area contributed by atoms with E-state index in [0.717, 1.165) is 38.5 Å². The van der Waals surface area contributed by atoms with E-state index in [1.54, 1.807) is 6.08 Å². The summed E-state index contributed by atoms with van der Waals surface area (Å²) in [6.45, 7) is 4.13. The summed E-state index contributed by atoms with van der Waals surface area (Å²) in [5.74, 6) is -0.201. The van der Waals surface area contributed by atoms with Gasteiger partial charge in [0.05, 0.1) is 25.4 Å². The lowest BCUT2D eigenvalue weighted by Crippen LogP contribution is -2.45. The molecule has 0 aromatic rings. The molecule has 0 aromatic carbocycles. The first kappa shape index (κ1) is 51.0. The highest BCUT2D eigenvalue weighted by Crippen LogP contribution is 2.43. The maximum absolute atomic E-state index is 12.7. The molecule has 0 heterocycles. The second-order valence-corrected chi connectivity index (χ2v) is 16.4. The summed E-state index contributed by atoms with van der Waals surface area (Å²) >= 11 is 0. The average molecular weight is 757 g/mol. The fourth-order valence-corrected chi connectivity index (χ4v) is 7.20. The molecule has 0 saturated carbocycles.